The van der Waals surface area contributed by atoms with Gasteiger partial charge >= 0.3 is 0 Å². The molecule has 2 N–H and O–H groups in total. The van der Waals surface area contributed by atoms with Crippen LogP contribution in [-0.2, 0) is 10.8 Å². The summed E-state index contributed by atoms with van der Waals surface area (Å²) in [6, 6.07) is 0. The fourth-order valence-corrected chi connectivity index (χ4v) is 1.30. The van der Waals surface area contributed by atoms with Crippen LogP contribution < -0.4 is 5.32 Å². The monoisotopic (exact) mass is 179 g/mol. The van der Waals surface area contributed by atoms with Gasteiger partial charge in [-0.15, -0.1) is 0 Å². The molecule has 0 radical (unpaired) electrons. The van der Waals surface area contributed by atoms with E-state index in [1.807, 2.05) is 6.92 Å². The van der Waals surface area contributed by atoms with Crippen molar-refractivity contribution in [2.24, 2.45) is 0 Å². The highest BCUT2D eigenvalue weighted by atomic mass is 32.2. The summed E-state index contributed by atoms with van der Waals surface area (Å²) in [6.07, 6.45) is -0.315. The molecule has 1 unspecified atom stereocenters. The van der Waals surface area contributed by atoms with Gasteiger partial charge in [-0.1, -0.05) is 6.92 Å². The van der Waals surface area contributed by atoms with Gasteiger partial charge in [0.15, 0.2) is 0 Å². The molecule has 0 bridgehead atoms. The topological polar surface area (TPSA) is 49.3 Å². The van der Waals surface area contributed by atoms with Crippen LogP contribution >= 0.6 is 0 Å². The molecule has 0 aromatic rings. The number of hydrogen-bond acceptors (Lipinski definition) is 3. The van der Waals surface area contributed by atoms with Gasteiger partial charge in [0.1, 0.15) is 0 Å². The summed E-state index contributed by atoms with van der Waals surface area (Å²) in [6.45, 7) is 4.95. The molecule has 4 heteroatoms. The molecule has 0 spiro atoms. The van der Waals surface area contributed by atoms with Crippen LogP contribution in [0.4, 0.5) is 0 Å². The van der Waals surface area contributed by atoms with E-state index in [0.29, 0.717) is 12.3 Å². The second kappa shape index (κ2) is 6.76. The third kappa shape index (κ3) is 7.97. The van der Waals surface area contributed by atoms with Crippen LogP contribution in [0.15, 0.2) is 0 Å². The number of aliphatic hydroxyl groups is 1. The molecule has 2 atom stereocenters. The van der Waals surface area contributed by atoms with Crippen molar-refractivity contribution in [1.29, 1.82) is 0 Å². The highest BCUT2D eigenvalue weighted by molar-refractivity contribution is 7.84. The molecule has 0 aliphatic heterocycles. The van der Waals surface area contributed by atoms with E-state index in [4.69, 9.17) is 5.11 Å². The third-order valence-electron chi connectivity index (χ3n) is 1.27. The van der Waals surface area contributed by atoms with Crippen molar-refractivity contribution in [3.63, 3.8) is 0 Å². The van der Waals surface area contributed by atoms with Crippen LogP contribution in [0.2, 0.25) is 0 Å². The molecule has 3 nitrogen and oxygen atoms in total. The summed E-state index contributed by atoms with van der Waals surface area (Å²) in [5.74, 6) is 1.40. The highest BCUT2D eigenvalue weighted by Crippen LogP contribution is 1.80. The van der Waals surface area contributed by atoms with Gasteiger partial charge in [-0.3, -0.25) is 4.21 Å². The van der Waals surface area contributed by atoms with Gasteiger partial charge in [-0.05, 0) is 6.92 Å². The first-order chi connectivity index (χ1) is 5.16. The molecular weight excluding hydrogens is 162 g/mol. The quantitative estimate of drug-likeness (QED) is 0.552. The Labute approximate surface area is 70.6 Å². The van der Waals surface area contributed by atoms with E-state index in [9.17, 15) is 4.21 Å². The van der Waals surface area contributed by atoms with E-state index in [1.165, 1.54) is 0 Å². The second-order valence-electron chi connectivity index (χ2n) is 2.49. The predicted octanol–water partition coefficient (Wildman–Crippen LogP) is -0.275. The van der Waals surface area contributed by atoms with Crippen LogP contribution in [0.1, 0.15) is 13.8 Å². The number of nitrogens with one attached hydrogen (secondary N) is 1. The summed E-state index contributed by atoms with van der Waals surface area (Å²) in [5, 5.41) is 11.8. The molecule has 0 heterocycles. The maximum atomic E-state index is 10.9. The van der Waals surface area contributed by atoms with Crippen molar-refractivity contribution in [2.75, 3.05) is 24.6 Å². The molecular formula is C7H17NO2S. The van der Waals surface area contributed by atoms with Crippen LogP contribution in [0.25, 0.3) is 0 Å². The first kappa shape index (κ1) is 11.1. The Balaban J connectivity index is 3.08. The lowest BCUT2D eigenvalue weighted by Gasteiger charge is -2.05. The summed E-state index contributed by atoms with van der Waals surface area (Å²) in [7, 11) is -0.686. The minimum Gasteiger partial charge on any atom is -0.392 e. The van der Waals surface area contributed by atoms with Crippen LogP contribution in [-0.4, -0.2) is 40.0 Å². The molecule has 11 heavy (non-hydrogen) atoms. The second-order valence-corrected chi connectivity index (χ2v) is 4.35. The minimum atomic E-state index is -0.686. The third-order valence-corrected chi connectivity index (χ3v) is 2.57. The van der Waals surface area contributed by atoms with E-state index in [1.54, 1.807) is 6.92 Å². The van der Waals surface area contributed by atoms with Crippen LogP contribution in [0.5, 0.6) is 0 Å². The Morgan fingerprint density at radius 1 is 1.64 bits per heavy atom. The molecule has 0 aromatic carbocycles. The molecule has 0 amide bonds. The average molecular weight is 179 g/mol. The molecule has 0 aromatic heterocycles. The van der Waals surface area contributed by atoms with E-state index >= 15 is 0 Å². The zero-order chi connectivity index (χ0) is 8.69. The standard InChI is InChI=1S/C7H17NO2S/c1-3-11(10)5-4-8-6-7(2)9/h7-9H,3-6H2,1-2H3/t7-,11?/m0/s1. The van der Waals surface area contributed by atoms with Crippen molar-refractivity contribution < 1.29 is 9.32 Å². The normalized spacial score (nSPS) is 16.3. The Morgan fingerprint density at radius 3 is 2.73 bits per heavy atom. The van der Waals surface area contributed by atoms with Crippen molar-refractivity contribution in [3.8, 4) is 0 Å². The van der Waals surface area contributed by atoms with Gasteiger partial charge in [-0.25, -0.2) is 0 Å². The summed E-state index contributed by atoms with van der Waals surface area (Å²) in [4.78, 5) is 0. The minimum absolute atomic E-state index is 0.315. The Morgan fingerprint density at radius 2 is 2.27 bits per heavy atom. The van der Waals surface area contributed by atoms with Gasteiger partial charge in [0, 0.05) is 35.4 Å². The van der Waals surface area contributed by atoms with Crippen molar-refractivity contribution >= 4 is 10.8 Å². The predicted molar refractivity (Wildman–Crippen MR) is 48.1 cm³/mol. The smallest absolute Gasteiger partial charge is 0.0636 e. The Bertz CT molecular complexity index is 117. The summed E-state index contributed by atoms with van der Waals surface area (Å²) < 4.78 is 10.9. The zero-order valence-corrected chi connectivity index (χ0v) is 7.99. The molecule has 0 aliphatic rings. The first-order valence-corrected chi connectivity index (χ1v) is 5.39. The first-order valence-electron chi connectivity index (χ1n) is 3.90. The molecule has 0 aliphatic carbocycles. The number of hydrogen-bond donors (Lipinski definition) is 2. The van der Waals surface area contributed by atoms with Gasteiger partial charge in [0.05, 0.1) is 6.10 Å². The summed E-state index contributed by atoms with van der Waals surface area (Å²) >= 11 is 0. The number of rotatable bonds is 6. The fraction of sp³-hybridized carbons (Fsp3) is 1.00. The maximum Gasteiger partial charge on any atom is 0.0636 e. The molecule has 0 saturated carbocycles. The molecule has 0 fully saturated rings. The summed E-state index contributed by atoms with van der Waals surface area (Å²) in [5.41, 5.74) is 0. The molecule has 0 saturated heterocycles. The largest absolute Gasteiger partial charge is 0.392 e. The van der Waals surface area contributed by atoms with Crippen molar-refractivity contribution in [3.05, 3.63) is 0 Å². The van der Waals surface area contributed by atoms with Gasteiger partial charge in [-0.2, -0.15) is 0 Å². The number of aliphatic hydroxyl groups excluding tert-OH is 1. The lowest BCUT2D eigenvalue weighted by atomic mass is 10.4. The molecule has 68 valence electrons. The fourth-order valence-electron chi connectivity index (χ4n) is 0.641. The zero-order valence-electron chi connectivity index (χ0n) is 7.17. The highest BCUT2D eigenvalue weighted by Gasteiger charge is 1.96. The average Bonchev–Trinajstić information content (AvgIpc) is 1.97. The van der Waals surface area contributed by atoms with Gasteiger partial charge < -0.3 is 10.4 Å². The van der Waals surface area contributed by atoms with E-state index in [-0.39, 0.29) is 6.10 Å². The van der Waals surface area contributed by atoms with Gasteiger partial charge in [0.2, 0.25) is 0 Å². The Kier molecular flexibility index (Phi) is 6.80. The van der Waals surface area contributed by atoms with Crippen molar-refractivity contribution in [2.45, 2.75) is 20.0 Å². The maximum absolute atomic E-state index is 10.9. The van der Waals surface area contributed by atoms with E-state index < -0.39 is 10.8 Å². The molecule has 0 rings (SSSR count). The van der Waals surface area contributed by atoms with Crippen molar-refractivity contribution in [1.82, 2.24) is 5.32 Å². The SMILES string of the molecule is CCS(=O)CCNC[C@H](C)O. The Hall–Kier alpha value is 0.0700. The van der Waals surface area contributed by atoms with E-state index in [0.717, 1.165) is 12.3 Å². The lowest BCUT2D eigenvalue weighted by molar-refractivity contribution is 0.192. The lowest BCUT2D eigenvalue weighted by Crippen LogP contribution is -2.28. The van der Waals surface area contributed by atoms with E-state index in [2.05, 4.69) is 5.32 Å². The van der Waals surface area contributed by atoms with Crippen LogP contribution in [0.3, 0.4) is 0 Å². The van der Waals surface area contributed by atoms with Gasteiger partial charge in [0.25, 0.3) is 0 Å². The van der Waals surface area contributed by atoms with Crippen LogP contribution in [0, 0.1) is 0 Å².